The highest BCUT2D eigenvalue weighted by atomic mass is 79.9. The number of nitrogens with one attached hydrogen (secondary N) is 2. The summed E-state index contributed by atoms with van der Waals surface area (Å²) >= 11 is 3.28. The summed E-state index contributed by atoms with van der Waals surface area (Å²) in [4.78, 5) is 54.9. The van der Waals surface area contributed by atoms with Crippen LogP contribution in [0.25, 0.3) is 0 Å². The maximum absolute atomic E-state index is 14.1. The molecule has 246 valence electrons. The molecule has 5 rings (SSSR count). The molecule has 0 radical (unpaired) electrons. The summed E-state index contributed by atoms with van der Waals surface area (Å²) in [5, 5.41) is 5.55. The molecule has 3 fully saturated rings. The van der Waals surface area contributed by atoms with Gasteiger partial charge in [0.2, 0.25) is 11.8 Å². The molecule has 5 atom stereocenters. The molecule has 2 aliphatic carbocycles. The van der Waals surface area contributed by atoms with Crippen molar-refractivity contribution in [3.8, 4) is 0 Å². The highest BCUT2D eigenvalue weighted by molar-refractivity contribution is 9.10. The Bertz CT molecular complexity index is 1410. The second kappa shape index (κ2) is 14.2. The maximum atomic E-state index is 14.1. The molecule has 1 aromatic carbocycles. The fraction of sp³-hybridized carbons (Fsp3) is 0.613. The van der Waals surface area contributed by atoms with E-state index in [4.69, 9.17) is 13.7 Å². The topological polar surface area (TPSA) is 157 Å². The Morgan fingerprint density at radius 1 is 1.02 bits per heavy atom. The average Bonchev–Trinajstić information content (AvgIpc) is 3.29. The number of benzene rings is 1. The number of rotatable bonds is 6. The summed E-state index contributed by atoms with van der Waals surface area (Å²) in [6, 6.07) is 3.76. The first-order chi connectivity index (χ1) is 21.5. The van der Waals surface area contributed by atoms with Crippen molar-refractivity contribution in [3.05, 3.63) is 40.9 Å². The number of alkyl carbamates (subject to hydrolysis) is 1. The molecular weight excluding hydrogens is 670 g/mol. The van der Waals surface area contributed by atoms with Gasteiger partial charge >= 0.3 is 12.1 Å². The standard InChI is InChI=1S/C31H40BrN3O9S/c1-42-29(38)31-18-20(31)9-5-3-2-4-6-12-25(33-30(39)43-22-10-7-8-11-22)28(37)35-19-23(17-26(35)27(36)34-31)44-45(40,41)24-15-13-21(32)14-16-24/h5,9,13-16,20,22-23,25-26H,2-4,6-8,10-12,17-19H2,1H3,(H,33,39)(H,34,36)/t20?,23?,25?,26?,31-/m1/s1. The molecular formula is C31H40BrN3O9S. The third-order valence-corrected chi connectivity index (χ3v) is 10.9. The molecule has 0 spiro atoms. The Morgan fingerprint density at radius 2 is 1.73 bits per heavy atom. The number of amides is 3. The van der Waals surface area contributed by atoms with Crippen LogP contribution in [0.3, 0.4) is 0 Å². The molecule has 1 saturated heterocycles. The Balaban J connectivity index is 1.41. The number of ether oxygens (including phenoxy) is 2. The van der Waals surface area contributed by atoms with E-state index < -0.39 is 57.7 Å². The number of hydrogen-bond donors (Lipinski definition) is 2. The summed E-state index contributed by atoms with van der Waals surface area (Å²) in [5.41, 5.74) is -1.28. The maximum Gasteiger partial charge on any atom is 0.408 e. The van der Waals surface area contributed by atoms with Gasteiger partial charge in [0.1, 0.15) is 23.7 Å². The normalized spacial score (nSPS) is 29.5. The van der Waals surface area contributed by atoms with E-state index in [2.05, 4.69) is 26.6 Å². The van der Waals surface area contributed by atoms with E-state index in [-0.39, 0.29) is 29.9 Å². The second-order valence-electron chi connectivity index (χ2n) is 12.2. The van der Waals surface area contributed by atoms with E-state index in [0.717, 1.165) is 44.9 Å². The zero-order valence-corrected chi connectivity index (χ0v) is 27.6. The fourth-order valence-corrected chi connectivity index (χ4v) is 7.81. The van der Waals surface area contributed by atoms with Crippen LogP contribution in [0, 0.1) is 5.92 Å². The van der Waals surface area contributed by atoms with Crippen LogP contribution in [0.2, 0.25) is 0 Å². The molecule has 12 nitrogen and oxygen atoms in total. The molecule has 1 aromatic rings. The number of methoxy groups -OCH3 is 1. The van der Waals surface area contributed by atoms with Gasteiger partial charge in [-0.15, -0.1) is 0 Å². The van der Waals surface area contributed by atoms with Crippen molar-refractivity contribution in [2.75, 3.05) is 13.7 Å². The van der Waals surface area contributed by atoms with Crippen LogP contribution in [0.5, 0.6) is 0 Å². The van der Waals surface area contributed by atoms with Crippen LogP contribution < -0.4 is 10.6 Å². The molecule has 45 heavy (non-hydrogen) atoms. The van der Waals surface area contributed by atoms with Crippen LogP contribution in [0.1, 0.15) is 70.6 Å². The third-order valence-electron chi connectivity index (χ3n) is 9.02. The average molecular weight is 711 g/mol. The van der Waals surface area contributed by atoms with Gasteiger partial charge in [0.15, 0.2) is 0 Å². The predicted molar refractivity (Wildman–Crippen MR) is 165 cm³/mol. The Hall–Kier alpha value is -2.97. The lowest BCUT2D eigenvalue weighted by atomic mass is 10.0. The first-order valence-corrected chi connectivity index (χ1v) is 17.8. The molecule has 14 heteroatoms. The Kier molecular flexibility index (Phi) is 10.5. The summed E-state index contributed by atoms with van der Waals surface area (Å²) in [6.45, 7) is -0.211. The van der Waals surface area contributed by atoms with E-state index in [1.807, 2.05) is 12.2 Å². The summed E-state index contributed by atoms with van der Waals surface area (Å²) in [5.74, 6) is -2.03. The van der Waals surface area contributed by atoms with Crippen LogP contribution in [0.15, 0.2) is 45.8 Å². The molecule has 0 aromatic heterocycles. The molecule has 2 saturated carbocycles. The minimum absolute atomic E-state index is 0.0719. The quantitative estimate of drug-likeness (QED) is 0.255. The van der Waals surface area contributed by atoms with E-state index in [0.29, 0.717) is 23.7 Å². The summed E-state index contributed by atoms with van der Waals surface area (Å²) < 4.78 is 43.1. The van der Waals surface area contributed by atoms with Crippen molar-refractivity contribution in [2.45, 2.75) is 105 Å². The monoisotopic (exact) mass is 709 g/mol. The zero-order valence-electron chi connectivity index (χ0n) is 25.2. The number of esters is 1. The molecule has 2 heterocycles. The van der Waals surface area contributed by atoms with E-state index in [1.54, 1.807) is 12.1 Å². The van der Waals surface area contributed by atoms with Crippen molar-refractivity contribution in [2.24, 2.45) is 5.92 Å². The van der Waals surface area contributed by atoms with Gasteiger partial charge in [-0.05, 0) is 75.6 Å². The molecule has 4 aliphatic rings. The SMILES string of the molecule is COC(=O)[C@@]12CC1C=CCCCCCC(NC(=O)OC1CCCC1)C(=O)N1CC(OS(=O)(=O)c3ccc(Br)cc3)CC1C(=O)N2. The van der Waals surface area contributed by atoms with Gasteiger partial charge in [-0.1, -0.05) is 40.9 Å². The molecule has 3 amide bonds. The van der Waals surface area contributed by atoms with Crippen LogP contribution in [-0.2, 0) is 38.2 Å². The largest absolute Gasteiger partial charge is 0.467 e. The van der Waals surface area contributed by atoms with E-state index in [1.165, 1.54) is 24.1 Å². The van der Waals surface area contributed by atoms with Crippen molar-refractivity contribution >= 4 is 49.9 Å². The lowest BCUT2D eigenvalue weighted by Crippen LogP contribution is -2.56. The number of hydrogen-bond acceptors (Lipinski definition) is 9. The van der Waals surface area contributed by atoms with Gasteiger partial charge in [0.05, 0.1) is 18.1 Å². The van der Waals surface area contributed by atoms with Gasteiger partial charge in [0, 0.05) is 23.4 Å². The number of carbonyl (C=O) groups excluding carboxylic acids is 4. The third kappa shape index (κ3) is 7.89. The van der Waals surface area contributed by atoms with Gasteiger partial charge in [-0.25, -0.2) is 9.59 Å². The summed E-state index contributed by atoms with van der Waals surface area (Å²) in [7, 11) is -2.99. The smallest absolute Gasteiger partial charge is 0.408 e. The van der Waals surface area contributed by atoms with Crippen LogP contribution >= 0.6 is 15.9 Å². The van der Waals surface area contributed by atoms with Crippen molar-refractivity contribution < 1.29 is 41.3 Å². The molecule has 2 N–H and O–H groups in total. The Labute approximate surface area is 271 Å². The number of allylic oxidation sites excluding steroid dienone is 1. The zero-order chi connectivity index (χ0) is 32.2. The van der Waals surface area contributed by atoms with Crippen molar-refractivity contribution in [1.82, 2.24) is 15.5 Å². The molecule has 2 aliphatic heterocycles. The number of fused-ring (bicyclic) bond motifs is 2. The van der Waals surface area contributed by atoms with Gasteiger partial charge in [-0.3, -0.25) is 13.8 Å². The number of carbonyl (C=O) groups is 4. The predicted octanol–water partition coefficient (Wildman–Crippen LogP) is 3.73. The highest BCUT2D eigenvalue weighted by Gasteiger charge is 2.62. The minimum Gasteiger partial charge on any atom is -0.467 e. The highest BCUT2D eigenvalue weighted by Crippen LogP contribution is 2.46. The first-order valence-electron chi connectivity index (χ1n) is 15.6. The van der Waals surface area contributed by atoms with Gasteiger partial charge in [-0.2, -0.15) is 8.42 Å². The Morgan fingerprint density at radius 3 is 2.44 bits per heavy atom. The van der Waals surface area contributed by atoms with Crippen LogP contribution in [-0.4, -0.2) is 80.7 Å². The summed E-state index contributed by atoms with van der Waals surface area (Å²) in [6.07, 6.45) is 8.96. The van der Waals surface area contributed by atoms with Crippen LogP contribution in [0.4, 0.5) is 4.79 Å². The lowest BCUT2D eigenvalue weighted by Gasteiger charge is -2.29. The van der Waals surface area contributed by atoms with Crippen molar-refractivity contribution in [1.29, 1.82) is 0 Å². The minimum atomic E-state index is -4.24. The number of halogens is 1. The lowest BCUT2D eigenvalue weighted by molar-refractivity contribution is -0.148. The van der Waals surface area contributed by atoms with E-state index >= 15 is 0 Å². The molecule has 0 bridgehead atoms. The van der Waals surface area contributed by atoms with Gasteiger partial charge in [0.25, 0.3) is 10.1 Å². The molecule has 4 unspecified atom stereocenters. The van der Waals surface area contributed by atoms with Crippen molar-refractivity contribution in [3.63, 3.8) is 0 Å². The first kappa shape index (κ1) is 33.4. The van der Waals surface area contributed by atoms with Gasteiger partial charge < -0.3 is 25.0 Å². The second-order valence-corrected chi connectivity index (χ2v) is 14.7. The van der Waals surface area contributed by atoms with E-state index in [9.17, 15) is 27.6 Å². The fourth-order valence-electron chi connectivity index (χ4n) is 6.47. The number of nitrogens with zero attached hydrogens (tertiary/aromatic N) is 1.